The Morgan fingerprint density at radius 3 is 2.80 bits per heavy atom. The Morgan fingerprint density at radius 1 is 1.50 bits per heavy atom. The first-order valence-corrected chi connectivity index (χ1v) is 7.16. The molecular formula is C12H14ClN5OS. The van der Waals surface area contributed by atoms with Gasteiger partial charge in [0.2, 0.25) is 0 Å². The van der Waals surface area contributed by atoms with E-state index in [1.54, 1.807) is 0 Å². The number of thiazole rings is 1. The second-order valence-corrected chi connectivity index (χ2v) is 5.65. The number of nitrogens with one attached hydrogen (secondary N) is 2. The largest absolute Gasteiger partial charge is 0.307 e. The molecule has 106 valence electrons. The zero-order chi connectivity index (χ0) is 14.7. The van der Waals surface area contributed by atoms with E-state index < -0.39 is 0 Å². The number of carbonyl (C=O) groups is 1. The Kier molecular flexibility index (Phi) is 4.53. The Balaban J connectivity index is 2.13. The smallest absolute Gasteiger partial charge is 0.259 e. The van der Waals surface area contributed by atoms with Gasteiger partial charge in [-0.1, -0.05) is 25.4 Å². The van der Waals surface area contributed by atoms with Crippen molar-refractivity contribution >= 4 is 39.8 Å². The molecule has 0 aliphatic carbocycles. The number of pyridine rings is 1. The van der Waals surface area contributed by atoms with Crippen LogP contribution in [-0.2, 0) is 0 Å². The Labute approximate surface area is 125 Å². The molecule has 1 amide bonds. The normalized spacial score (nSPS) is 10.7. The Hall–Kier alpha value is -1.70. The summed E-state index contributed by atoms with van der Waals surface area (Å²) in [6.45, 7) is 4.09. The number of halogens is 1. The SMILES string of the molecule is CC(C)c1csc(NC(=O)c2cnc(NN)c(Cl)c2)n1. The van der Waals surface area contributed by atoms with Crippen LogP contribution in [0.5, 0.6) is 0 Å². The molecule has 0 aliphatic heterocycles. The molecule has 0 aliphatic rings. The number of hydrogen-bond donors (Lipinski definition) is 3. The molecule has 0 radical (unpaired) electrons. The highest BCUT2D eigenvalue weighted by Gasteiger charge is 2.12. The van der Waals surface area contributed by atoms with Crippen molar-refractivity contribution in [3.05, 3.63) is 33.9 Å². The van der Waals surface area contributed by atoms with E-state index in [-0.39, 0.29) is 10.9 Å². The summed E-state index contributed by atoms with van der Waals surface area (Å²) < 4.78 is 0. The Bertz CT molecular complexity index is 628. The second-order valence-electron chi connectivity index (χ2n) is 4.39. The summed E-state index contributed by atoms with van der Waals surface area (Å²) in [6, 6.07) is 1.50. The lowest BCUT2D eigenvalue weighted by Crippen LogP contribution is -2.14. The number of anilines is 2. The third-order valence-electron chi connectivity index (χ3n) is 2.57. The summed E-state index contributed by atoms with van der Waals surface area (Å²) >= 11 is 7.31. The Morgan fingerprint density at radius 2 is 2.25 bits per heavy atom. The molecule has 0 saturated carbocycles. The van der Waals surface area contributed by atoms with Crippen LogP contribution >= 0.6 is 22.9 Å². The van der Waals surface area contributed by atoms with E-state index in [4.69, 9.17) is 17.4 Å². The third-order valence-corrected chi connectivity index (χ3v) is 3.64. The van der Waals surface area contributed by atoms with Crippen molar-refractivity contribution in [2.24, 2.45) is 5.84 Å². The maximum absolute atomic E-state index is 12.1. The molecule has 0 fully saturated rings. The maximum Gasteiger partial charge on any atom is 0.259 e. The summed E-state index contributed by atoms with van der Waals surface area (Å²) in [5.74, 6) is 5.55. The number of hydrogen-bond acceptors (Lipinski definition) is 6. The van der Waals surface area contributed by atoms with E-state index in [1.165, 1.54) is 23.6 Å². The number of amides is 1. The van der Waals surface area contributed by atoms with Crippen molar-refractivity contribution in [3.63, 3.8) is 0 Å². The highest BCUT2D eigenvalue weighted by molar-refractivity contribution is 7.14. The molecule has 4 N–H and O–H groups in total. The molecule has 0 aromatic carbocycles. The molecule has 8 heteroatoms. The van der Waals surface area contributed by atoms with E-state index >= 15 is 0 Å². The fourth-order valence-electron chi connectivity index (χ4n) is 1.45. The number of rotatable bonds is 4. The molecule has 6 nitrogen and oxygen atoms in total. The first-order chi connectivity index (χ1) is 9.51. The average molecular weight is 312 g/mol. The van der Waals surface area contributed by atoms with Crippen LogP contribution in [0.3, 0.4) is 0 Å². The average Bonchev–Trinajstić information content (AvgIpc) is 2.87. The highest BCUT2D eigenvalue weighted by Crippen LogP contribution is 2.23. The van der Waals surface area contributed by atoms with Crippen molar-refractivity contribution in [2.45, 2.75) is 19.8 Å². The number of hydrazine groups is 1. The summed E-state index contributed by atoms with van der Waals surface area (Å²) in [7, 11) is 0. The topological polar surface area (TPSA) is 92.9 Å². The van der Waals surface area contributed by atoms with Gasteiger partial charge in [0.25, 0.3) is 5.91 Å². The predicted molar refractivity (Wildman–Crippen MR) is 81.2 cm³/mol. The summed E-state index contributed by atoms with van der Waals surface area (Å²) in [4.78, 5) is 20.3. The molecule has 2 heterocycles. The number of nitrogens with zero attached hydrogens (tertiary/aromatic N) is 2. The van der Waals surface area contributed by atoms with Gasteiger partial charge in [0, 0.05) is 11.6 Å². The zero-order valence-corrected chi connectivity index (χ0v) is 12.5. The lowest BCUT2D eigenvalue weighted by Gasteiger charge is -2.05. The lowest BCUT2D eigenvalue weighted by atomic mass is 10.2. The van der Waals surface area contributed by atoms with Gasteiger partial charge >= 0.3 is 0 Å². The zero-order valence-electron chi connectivity index (χ0n) is 11.0. The quantitative estimate of drug-likeness (QED) is 0.596. The number of carbonyl (C=O) groups excluding carboxylic acids is 1. The molecule has 0 saturated heterocycles. The maximum atomic E-state index is 12.1. The minimum absolute atomic E-state index is 0.280. The highest BCUT2D eigenvalue weighted by atomic mass is 35.5. The summed E-state index contributed by atoms with van der Waals surface area (Å²) in [5.41, 5.74) is 3.63. The molecule has 2 rings (SSSR count). The van der Waals surface area contributed by atoms with Gasteiger partial charge in [0.05, 0.1) is 16.3 Å². The summed E-state index contributed by atoms with van der Waals surface area (Å²) in [6.07, 6.45) is 1.40. The number of nitrogens with two attached hydrogens (primary N) is 1. The van der Waals surface area contributed by atoms with Gasteiger partial charge < -0.3 is 5.43 Å². The fraction of sp³-hybridized carbons (Fsp3) is 0.250. The van der Waals surface area contributed by atoms with Crippen molar-refractivity contribution in [1.29, 1.82) is 0 Å². The van der Waals surface area contributed by atoms with E-state index in [2.05, 4.69) is 20.7 Å². The van der Waals surface area contributed by atoms with Gasteiger partial charge in [0.1, 0.15) is 0 Å². The fourth-order valence-corrected chi connectivity index (χ4v) is 2.53. The van der Waals surface area contributed by atoms with Gasteiger partial charge in [0.15, 0.2) is 10.9 Å². The van der Waals surface area contributed by atoms with Crippen LogP contribution in [0.1, 0.15) is 35.8 Å². The van der Waals surface area contributed by atoms with Crippen LogP contribution in [0, 0.1) is 0 Å². The van der Waals surface area contributed by atoms with Crippen LogP contribution in [0.4, 0.5) is 10.9 Å². The minimum atomic E-state index is -0.312. The first kappa shape index (κ1) is 14.7. The van der Waals surface area contributed by atoms with Crippen LogP contribution in [-0.4, -0.2) is 15.9 Å². The molecule has 0 unspecified atom stereocenters. The molecule has 2 aromatic rings. The molecular weight excluding hydrogens is 298 g/mol. The van der Waals surface area contributed by atoms with Crippen molar-refractivity contribution in [2.75, 3.05) is 10.7 Å². The second kappa shape index (κ2) is 6.17. The number of aromatic nitrogens is 2. The minimum Gasteiger partial charge on any atom is -0.307 e. The van der Waals surface area contributed by atoms with E-state index in [0.29, 0.717) is 22.4 Å². The van der Waals surface area contributed by atoms with Gasteiger partial charge in [-0.15, -0.1) is 11.3 Å². The standard InChI is InChI=1S/C12H14ClN5OS/c1-6(2)9-5-20-12(16-9)17-11(19)7-3-8(13)10(18-14)15-4-7/h3-6H,14H2,1-2H3,(H,15,18)(H,16,17,19). The van der Waals surface area contributed by atoms with Crippen LogP contribution in [0.25, 0.3) is 0 Å². The monoisotopic (exact) mass is 311 g/mol. The molecule has 0 atom stereocenters. The third kappa shape index (κ3) is 3.24. The van der Waals surface area contributed by atoms with Crippen molar-refractivity contribution < 1.29 is 4.79 Å². The van der Waals surface area contributed by atoms with Gasteiger partial charge in [-0.3, -0.25) is 10.1 Å². The molecule has 0 spiro atoms. The van der Waals surface area contributed by atoms with Crippen LogP contribution in [0.2, 0.25) is 5.02 Å². The van der Waals surface area contributed by atoms with Crippen LogP contribution < -0.4 is 16.6 Å². The van der Waals surface area contributed by atoms with E-state index in [9.17, 15) is 4.79 Å². The first-order valence-electron chi connectivity index (χ1n) is 5.90. The molecule has 0 bridgehead atoms. The molecule has 20 heavy (non-hydrogen) atoms. The van der Waals surface area contributed by atoms with Crippen molar-refractivity contribution in [1.82, 2.24) is 9.97 Å². The van der Waals surface area contributed by atoms with Gasteiger partial charge in [-0.25, -0.2) is 15.8 Å². The van der Waals surface area contributed by atoms with Crippen molar-refractivity contribution in [3.8, 4) is 0 Å². The molecule has 2 aromatic heterocycles. The van der Waals surface area contributed by atoms with Crippen LogP contribution in [0.15, 0.2) is 17.6 Å². The lowest BCUT2D eigenvalue weighted by molar-refractivity contribution is 0.102. The van der Waals surface area contributed by atoms with E-state index in [0.717, 1.165) is 5.69 Å². The van der Waals surface area contributed by atoms with E-state index in [1.807, 2.05) is 19.2 Å². The van der Waals surface area contributed by atoms with Gasteiger partial charge in [-0.2, -0.15) is 0 Å². The summed E-state index contributed by atoms with van der Waals surface area (Å²) in [5, 5.41) is 5.47. The number of nitrogen functional groups attached to an aromatic ring is 1. The van der Waals surface area contributed by atoms with Gasteiger partial charge in [-0.05, 0) is 12.0 Å². The predicted octanol–water partition coefficient (Wildman–Crippen LogP) is 2.85.